The molecule has 0 aliphatic carbocycles. The molecule has 0 saturated carbocycles. The molecule has 1 unspecified atom stereocenters. The number of nitrogens with one attached hydrogen (secondary N) is 1. The van der Waals surface area contributed by atoms with E-state index in [0.29, 0.717) is 16.5 Å². The summed E-state index contributed by atoms with van der Waals surface area (Å²) in [6, 6.07) is 26.1. The number of para-hydroxylation sites is 1. The lowest BCUT2D eigenvalue weighted by molar-refractivity contribution is -0.152. The molecule has 40 heavy (non-hydrogen) atoms. The van der Waals surface area contributed by atoms with E-state index in [0.717, 1.165) is 21.3 Å². The highest BCUT2D eigenvalue weighted by molar-refractivity contribution is 8.00. The summed E-state index contributed by atoms with van der Waals surface area (Å²) >= 11 is 2.98. The number of hydrogen-bond donors (Lipinski definition) is 1. The molecule has 1 fully saturated rings. The predicted octanol–water partition coefficient (Wildman–Crippen LogP) is 5.14. The molecule has 2 atom stereocenters. The number of benzene rings is 3. The van der Waals surface area contributed by atoms with Gasteiger partial charge in [0.15, 0.2) is 11.2 Å². The maximum absolute atomic E-state index is 13.9. The fraction of sp³-hybridized carbons (Fsp3) is 0.200. The Morgan fingerprint density at radius 2 is 1.65 bits per heavy atom. The lowest BCUT2D eigenvalue weighted by atomic mass is 10.0. The van der Waals surface area contributed by atoms with Crippen molar-refractivity contribution in [2.75, 3.05) is 17.7 Å². The van der Waals surface area contributed by atoms with E-state index in [2.05, 4.69) is 10.3 Å². The molecule has 1 amide bonds. The van der Waals surface area contributed by atoms with Crippen molar-refractivity contribution in [1.29, 1.82) is 0 Å². The smallest absolute Gasteiger partial charge is 0.356 e. The second-order valence-electron chi connectivity index (χ2n) is 9.36. The van der Waals surface area contributed by atoms with Gasteiger partial charge in [0.2, 0.25) is 0 Å². The highest BCUT2D eigenvalue weighted by atomic mass is 32.2. The zero-order valence-electron chi connectivity index (χ0n) is 21.5. The van der Waals surface area contributed by atoms with Crippen LogP contribution in [0.5, 0.6) is 0 Å². The second-order valence-corrected chi connectivity index (χ2v) is 11.5. The van der Waals surface area contributed by atoms with Crippen LogP contribution < -0.4 is 5.32 Å². The van der Waals surface area contributed by atoms with Crippen LogP contribution in [0.3, 0.4) is 0 Å². The first kappa shape index (κ1) is 26.1. The van der Waals surface area contributed by atoms with Crippen LogP contribution in [0.4, 0.5) is 5.13 Å². The number of hydrogen-bond acceptors (Lipinski definition) is 9. The Kier molecular flexibility index (Phi) is 7.27. The Bertz CT molecular complexity index is 1530. The SMILES string of the molecule is CC(=O)OCC1=C(C(=O)OC(c2ccccc2)c2ccccc2)N2C(=O)[C@@H](Nc3nc4ccccc4s3)C2SC1. The number of carbonyl (C=O) groups excluding carboxylic acids is 3. The first-order chi connectivity index (χ1) is 19.5. The Morgan fingerprint density at radius 3 is 2.30 bits per heavy atom. The van der Waals surface area contributed by atoms with E-state index in [1.54, 1.807) is 0 Å². The second kappa shape index (κ2) is 11.1. The summed E-state index contributed by atoms with van der Waals surface area (Å²) in [4.78, 5) is 45.1. The first-order valence-corrected chi connectivity index (χ1v) is 14.6. The molecule has 1 saturated heterocycles. The van der Waals surface area contributed by atoms with E-state index < -0.39 is 24.1 Å². The van der Waals surface area contributed by atoms with Gasteiger partial charge in [0.05, 0.1) is 10.2 Å². The van der Waals surface area contributed by atoms with Crippen molar-refractivity contribution in [2.24, 2.45) is 0 Å². The van der Waals surface area contributed by atoms with Crippen LogP contribution >= 0.6 is 23.1 Å². The zero-order chi connectivity index (χ0) is 27.6. The van der Waals surface area contributed by atoms with Gasteiger partial charge in [-0.05, 0) is 23.3 Å². The Labute approximate surface area is 239 Å². The van der Waals surface area contributed by atoms with Crippen molar-refractivity contribution in [1.82, 2.24) is 9.88 Å². The normalized spacial score (nSPS) is 18.4. The third-order valence-electron chi connectivity index (χ3n) is 6.69. The number of rotatable bonds is 8. The van der Waals surface area contributed by atoms with Gasteiger partial charge >= 0.3 is 11.9 Å². The van der Waals surface area contributed by atoms with Crippen molar-refractivity contribution in [3.05, 3.63) is 107 Å². The van der Waals surface area contributed by atoms with Gasteiger partial charge in [-0.15, -0.1) is 11.8 Å². The van der Waals surface area contributed by atoms with Crippen LogP contribution in [0.15, 0.2) is 96.2 Å². The summed E-state index contributed by atoms with van der Waals surface area (Å²) in [5.41, 5.74) is 3.13. The van der Waals surface area contributed by atoms with Gasteiger partial charge in [-0.25, -0.2) is 9.78 Å². The van der Waals surface area contributed by atoms with E-state index in [9.17, 15) is 14.4 Å². The van der Waals surface area contributed by atoms with Crippen LogP contribution in [0.2, 0.25) is 0 Å². The third-order valence-corrected chi connectivity index (χ3v) is 9.00. The van der Waals surface area contributed by atoms with Crippen molar-refractivity contribution < 1.29 is 23.9 Å². The minimum atomic E-state index is -0.682. The monoisotopic (exact) mass is 571 g/mol. The van der Waals surface area contributed by atoms with Crippen molar-refractivity contribution in [3.63, 3.8) is 0 Å². The molecule has 6 rings (SSSR count). The molecule has 3 aromatic carbocycles. The van der Waals surface area contributed by atoms with Crippen LogP contribution in [-0.4, -0.2) is 51.5 Å². The number of ether oxygens (including phenoxy) is 2. The highest BCUT2D eigenvalue weighted by Crippen LogP contribution is 2.43. The molecular weight excluding hydrogens is 546 g/mol. The number of thioether (sulfide) groups is 1. The lowest BCUT2D eigenvalue weighted by Gasteiger charge is -2.49. The maximum atomic E-state index is 13.9. The molecule has 1 aromatic heterocycles. The van der Waals surface area contributed by atoms with E-state index >= 15 is 0 Å². The minimum Gasteiger partial charge on any atom is -0.461 e. The number of aromatic nitrogens is 1. The summed E-state index contributed by atoms with van der Waals surface area (Å²) in [6.07, 6.45) is -0.682. The average molecular weight is 572 g/mol. The summed E-state index contributed by atoms with van der Waals surface area (Å²) < 4.78 is 12.4. The molecule has 10 heteroatoms. The van der Waals surface area contributed by atoms with Gasteiger partial charge in [0.1, 0.15) is 23.7 Å². The molecule has 4 aromatic rings. The molecular formula is C30H25N3O5S2. The topological polar surface area (TPSA) is 97.8 Å². The molecule has 0 radical (unpaired) electrons. The molecule has 0 bridgehead atoms. The van der Waals surface area contributed by atoms with Gasteiger partial charge in [-0.1, -0.05) is 84.1 Å². The van der Waals surface area contributed by atoms with Crippen molar-refractivity contribution in [3.8, 4) is 0 Å². The van der Waals surface area contributed by atoms with Gasteiger partial charge in [0.25, 0.3) is 5.91 Å². The molecule has 2 aliphatic heterocycles. The molecule has 1 N–H and O–H groups in total. The highest BCUT2D eigenvalue weighted by Gasteiger charge is 2.54. The quantitative estimate of drug-likeness (QED) is 0.229. The summed E-state index contributed by atoms with van der Waals surface area (Å²) in [5.74, 6) is -0.966. The standard InChI is InChI=1S/C30H25N3O5S2/c1-18(34)37-16-21-17-39-28-24(32-30-31-22-14-8-9-15-23(22)40-30)27(35)33(28)25(21)29(36)38-26(19-10-4-2-5-11-19)20-12-6-3-7-13-20/h2-15,24,26,28H,16-17H2,1H3,(H,31,32)/t24-,28?/m1/s1. The molecule has 0 spiro atoms. The van der Waals surface area contributed by atoms with E-state index in [1.165, 1.54) is 34.9 Å². The zero-order valence-corrected chi connectivity index (χ0v) is 23.1. The van der Waals surface area contributed by atoms with E-state index in [4.69, 9.17) is 9.47 Å². The third kappa shape index (κ3) is 5.07. The number of carbonyl (C=O) groups is 3. The largest absolute Gasteiger partial charge is 0.461 e. The predicted molar refractivity (Wildman–Crippen MR) is 155 cm³/mol. The van der Waals surface area contributed by atoms with Crippen LogP contribution in [0.1, 0.15) is 24.2 Å². The fourth-order valence-electron chi connectivity index (χ4n) is 4.79. The molecule has 2 aliphatic rings. The number of amides is 1. The number of thiazole rings is 1. The van der Waals surface area contributed by atoms with E-state index in [-0.39, 0.29) is 23.6 Å². The fourth-order valence-corrected chi connectivity index (χ4v) is 7.02. The van der Waals surface area contributed by atoms with Crippen LogP contribution in [-0.2, 0) is 23.9 Å². The van der Waals surface area contributed by atoms with Crippen molar-refractivity contribution in [2.45, 2.75) is 24.4 Å². The number of fused-ring (bicyclic) bond motifs is 2. The average Bonchev–Trinajstić information content (AvgIpc) is 3.40. The summed E-state index contributed by atoms with van der Waals surface area (Å²) in [7, 11) is 0. The van der Waals surface area contributed by atoms with Gasteiger partial charge in [-0.3, -0.25) is 14.5 Å². The maximum Gasteiger partial charge on any atom is 0.356 e. The van der Waals surface area contributed by atoms with Crippen molar-refractivity contribution >= 4 is 56.3 Å². The van der Waals surface area contributed by atoms with Gasteiger partial charge < -0.3 is 14.8 Å². The van der Waals surface area contributed by atoms with Crippen LogP contribution in [0.25, 0.3) is 10.2 Å². The Hall–Kier alpha value is -4.15. The number of esters is 2. The van der Waals surface area contributed by atoms with Crippen LogP contribution in [0, 0.1) is 0 Å². The molecule has 3 heterocycles. The summed E-state index contributed by atoms with van der Waals surface area (Å²) in [6.45, 7) is 1.21. The van der Waals surface area contributed by atoms with Gasteiger partial charge in [-0.2, -0.15) is 0 Å². The Morgan fingerprint density at radius 1 is 1.00 bits per heavy atom. The number of anilines is 1. The molecule has 202 valence electrons. The first-order valence-electron chi connectivity index (χ1n) is 12.7. The lowest BCUT2D eigenvalue weighted by Crippen LogP contribution is -2.67. The molecule has 8 nitrogen and oxygen atoms in total. The summed E-state index contributed by atoms with van der Waals surface area (Å²) in [5, 5.41) is 3.58. The Balaban J connectivity index is 1.29. The number of β-lactam (4-membered cyclic amide) rings is 1. The van der Waals surface area contributed by atoms with Gasteiger partial charge in [0, 0.05) is 18.2 Å². The number of nitrogens with zero attached hydrogens (tertiary/aromatic N) is 2. The van der Waals surface area contributed by atoms with E-state index in [1.807, 2.05) is 84.9 Å². The minimum absolute atomic E-state index is 0.0967.